The summed E-state index contributed by atoms with van der Waals surface area (Å²) in [7, 11) is 0. The molecule has 3 amide bonds. The van der Waals surface area contributed by atoms with Crippen molar-refractivity contribution in [2.24, 2.45) is 4.99 Å². The fraction of sp³-hybridized carbons (Fsp3) is 0.357. The number of halogens is 6. The van der Waals surface area contributed by atoms with E-state index in [-0.39, 0.29) is 12.2 Å². The molecule has 1 aliphatic rings. The van der Waals surface area contributed by atoms with Crippen LogP contribution < -0.4 is 4.90 Å². The van der Waals surface area contributed by atoms with Crippen molar-refractivity contribution in [3.8, 4) is 0 Å². The highest BCUT2D eigenvalue weighted by Crippen LogP contribution is 2.38. The summed E-state index contributed by atoms with van der Waals surface area (Å²) in [5, 5.41) is -1.30. The van der Waals surface area contributed by atoms with E-state index in [1.165, 1.54) is 18.2 Å². The Morgan fingerprint density at radius 2 is 1.80 bits per heavy atom. The molecule has 25 heavy (non-hydrogen) atoms. The molecule has 136 valence electrons. The van der Waals surface area contributed by atoms with Crippen molar-refractivity contribution in [2.45, 2.75) is 21.6 Å². The van der Waals surface area contributed by atoms with Gasteiger partial charge in [0.05, 0.1) is 5.69 Å². The number of amides is 3. The van der Waals surface area contributed by atoms with Gasteiger partial charge in [-0.2, -0.15) is 0 Å². The Labute approximate surface area is 168 Å². The highest BCUT2D eigenvalue weighted by atomic mass is 35.6. The molecule has 1 heterocycles. The molecule has 0 bridgehead atoms. The number of carbonyl (C=O) groups is 2. The van der Waals surface area contributed by atoms with Crippen LogP contribution in [0.25, 0.3) is 0 Å². The number of rotatable bonds is 4. The maximum absolute atomic E-state index is 14.1. The zero-order chi connectivity index (χ0) is 18.9. The fourth-order valence-corrected chi connectivity index (χ4v) is 2.98. The Bertz CT molecular complexity index is 725. The van der Waals surface area contributed by atoms with Crippen LogP contribution in [0.4, 0.5) is 14.9 Å². The van der Waals surface area contributed by atoms with Gasteiger partial charge >= 0.3 is 6.03 Å². The van der Waals surface area contributed by atoms with Crippen molar-refractivity contribution in [1.29, 1.82) is 0 Å². The zero-order valence-corrected chi connectivity index (χ0v) is 16.4. The number of nitrogens with zero attached hydrogens (tertiary/aromatic N) is 3. The summed E-state index contributed by atoms with van der Waals surface area (Å²) in [5.41, 5.74) is -1.51. The second-order valence-corrected chi connectivity index (χ2v) is 8.17. The van der Waals surface area contributed by atoms with Crippen LogP contribution >= 0.6 is 58.0 Å². The summed E-state index contributed by atoms with van der Waals surface area (Å²) in [6.45, 7) is 1.64. The molecular weight excluding hydrogens is 438 g/mol. The van der Waals surface area contributed by atoms with E-state index in [9.17, 15) is 14.0 Å². The molecule has 5 nitrogen and oxygen atoms in total. The lowest BCUT2D eigenvalue weighted by Crippen LogP contribution is -2.35. The van der Waals surface area contributed by atoms with Crippen molar-refractivity contribution >= 4 is 81.5 Å². The normalized spacial score (nSPS) is 19.7. The first-order valence-electron chi connectivity index (χ1n) is 6.92. The van der Waals surface area contributed by atoms with Gasteiger partial charge in [0, 0.05) is 6.54 Å². The molecule has 0 N–H and O–H groups in total. The van der Waals surface area contributed by atoms with E-state index < -0.39 is 38.3 Å². The largest absolute Gasteiger partial charge is 0.337 e. The Balaban J connectivity index is 2.52. The van der Waals surface area contributed by atoms with E-state index in [2.05, 4.69) is 4.99 Å². The highest BCUT2D eigenvalue weighted by molar-refractivity contribution is 6.70. The number of aliphatic imine (C=N–C) groups is 1. The van der Waals surface area contributed by atoms with Gasteiger partial charge in [-0.1, -0.05) is 58.5 Å². The molecule has 2 atom stereocenters. The number of hydrogen-bond acceptors (Lipinski definition) is 3. The second-order valence-electron chi connectivity index (χ2n) is 4.89. The van der Waals surface area contributed by atoms with Crippen LogP contribution in [0.15, 0.2) is 29.3 Å². The van der Waals surface area contributed by atoms with Gasteiger partial charge in [-0.25, -0.2) is 19.1 Å². The van der Waals surface area contributed by atoms with Crippen LogP contribution in [-0.4, -0.2) is 43.9 Å². The number of urea groups is 1. The smallest absolute Gasteiger partial charge is 0.265 e. The van der Waals surface area contributed by atoms with E-state index in [1.807, 2.05) is 0 Å². The van der Waals surface area contributed by atoms with Crippen molar-refractivity contribution in [3.05, 3.63) is 30.1 Å². The van der Waals surface area contributed by atoms with Crippen molar-refractivity contribution in [3.63, 3.8) is 0 Å². The van der Waals surface area contributed by atoms with E-state index in [0.717, 1.165) is 15.9 Å². The topological polar surface area (TPSA) is 53.0 Å². The predicted octanol–water partition coefficient (Wildman–Crippen LogP) is 4.56. The van der Waals surface area contributed by atoms with Gasteiger partial charge in [-0.3, -0.25) is 9.69 Å². The van der Waals surface area contributed by atoms with Gasteiger partial charge in [0.15, 0.2) is 0 Å². The van der Waals surface area contributed by atoms with E-state index in [1.54, 1.807) is 6.92 Å². The Morgan fingerprint density at radius 1 is 1.20 bits per heavy atom. The molecule has 1 aliphatic heterocycles. The second kappa shape index (κ2) is 7.84. The first-order valence-corrected chi connectivity index (χ1v) is 8.93. The molecular formula is C14H11Cl5FN3O2. The summed E-state index contributed by atoms with van der Waals surface area (Å²) in [6, 6.07) is 4.65. The maximum atomic E-state index is 14.1. The zero-order valence-electron chi connectivity index (χ0n) is 12.6. The minimum Gasteiger partial charge on any atom is -0.265 e. The number of imide groups is 1. The summed E-state index contributed by atoms with van der Waals surface area (Å²) in [5.74, 6) is -1.88. The van der Waals surface area contributed by atoms with E-state index in [0.29, 0.717) is 0 Å². The monoisotopic (exact) mass is 447 g/mol. The van der Waals surface area contributed by atoms with Gasteiger partial charge in [0.25, 0.3) is 5.91 Å². The molecule has 2 unspecified atom stereocenters. The van der Waals surface area contributed by atoms with Gasteiger partial charge in [0.2, 0.25) is 9.63 Å². The average molecular weight is 450 g/mol. The molecule has 1 fully saturated rings. The molecule has 1 saturated heterocycles. The number of carbonyl (C=O) groups excluding carboxylic acids is 2. The predicted molar refractivity (Wildman–Crippen MR) is 98.7 cm³/mol. The lowest BCUT2D eigenvalue weighted by Gasteiger charge is -2.21. The summed E-state index contributed by atoms with van der Waals surface area (Å²) in [4.78, 5) is 30.6. The standard InChI is InChI=1S/C14H11Cl5FN3O2/c1-2-22-12(24)11(21-10(16)9(15)14(17,18)19)23(13(22)25)8-6-4-3-5-7(8)20/h3-6,9-10H,2H2,1H3. The van der Waals surface area contributed by atoms with Crippen LogP contribution in [0, 0.1) is 5.82 Å². The van der Waals surface area contributed by atoms with E-state index >= 15 is 0 Å². The molecule has 2 rings (SSSR count). The number of anilines is 1. The number of hydrogen-bond donors (Lipinski definition) is 0. The quantitative estimate of drug-likeness (QED) is 0.385. The van der Waals surface area contributed by atoms with Crippen LogP contribution in [0.3, 0.4) is 0 Å². The van der Waals surface area contributed by atoms with Crippen molar-refractivity contribution < 1.29 is 14.0 Å². The summed E-state index contributed by atoms with van der Waals surface area (Å²) < 4.78 is 12.2. The number of likely N-dealkylation sites (N-methyl/N-ethyl adjacent to an activating group) is 1. The highest BCUT2D eigenvalue weighted by Gasteiger charge is 2.45. The third-order valence-electron chi connectivity index (χ3n) is 3.28. The van der Waals surface area contributed by atoms with Crippen molar-refractivity contribution in [2.75, 3.05) is 11.4 Å². The lowest BCUT2D eigenvalue weighted by atomic mass is 10.3. The lowest BCUT2D eigenvalue weighted by molar-refractivity contribution is -0.120. The van der Waals surface area contributed by atoms with Crippen LogP contribution in [0.2, 0.25) is 0 Å². The summed E-state index contributed by atoms with van der Waals surface area (Å²) in [6.07, 6.45) is 0. The first kappa shape index (κ1) is 20.5. The fourth-order valence-electron chi connectivity index (χ4n) is 2.09. The Hall–Kier alpha value is -0.790. The van der Waals surface area contributed by atoms with Crippen LogP contribution in [0.5, 0.6) is 0 Å². The average Bonchev–Trinajstić information content (AvgIpc) is 2.76. The molecule has 0 saturated carbocycles. The number of para-hydroxylation sites is 1. The molecule has 0 aliphatic carbocycles. The molecule has 11 heteroatoms. The number of benzene rings is 1. The third kappa shape index (κ3) is 4.14. The first-order chi connectivity index (χ1) is 11.6. The van der Waals surface area contributed by atoms with Crippen molar-refractivity contribution in [1.82, 2.24) is 4.90 Å². The van der Waals surface area contributed by atoms with Gasteiger partial charge in [0.1, 0.15) is 16.7 Å². The van der Waals surface area contributed by atoms with Gasteiger partial charge in [-0.15, -0.1) is 11.6 Å². The summed E-state index contributed by atoms with van der Waals surface area (Å²) >= 11 is 29.0. The maximum Gasteiger partial charge on any atom is 0.337 e. The Kier molecular flexibility index (Phi) is 6.44. The minimum atomic E-state index is -1.96. The third-order valence-corrected chi connectivity index (χ3v) is 5.36. The van der Waals surface area contributed by atoms with Gasteiger partial charge in [-0.05, 0) is 19.1 Å². The van der Waals surface area contributed by atoms with Crippen LogP contribution in [-0.2, 0) is 4.79 Å². The molecule has 0 radical (unpaired) electrons. The van der Waals surface area contributed by atoms with E-state index in [4.69, 9.17) is 58.0 Å². The molecule has 1 aromatic rings. The minimum absolute atomic E-state index is 0.0589. The molecule has 1 aromatic carbocycles. The van der Waals surface area contributed by atoms with Crippen LogP contribution in [0.1, 0.15) is 6.92 Å². The molecule has 0 spiro atoms. The number of amidine groups is 1. The Morgan fingerprint density at radius 3 is 2.32 bits per heavy atom. The van der Waals surface area contributed by atoms with Gasteiger partial charge < -0.3 is 0 Å². The SMILES string of the molecule is CCN1C(=O)C(=NC(Cl)C(Cl)C(Cl)(Cl)Cl)N(c2ccccc2F)C1=O. The molecule has 0 aromatic heterocycles. The number of alkyl halides is 5.